The van der Waals surface area contributed by atoms with Crippen molar-refractivity contribution in [3.8, 4) is 0 Å². The summed E-state index contributed by atoms with van der Waals surface area (Å²) in [5.41, 5.74) is 1.73. The predicted molar refractivity (Wildman–Crippen MR) is 116 cm³/mol. The van der Waals surface area contributed by atoms with E-state index in [4.69, 9.17) is 0 Å². The van der Waals surface area contributed by atoms with Crippen LogP contribution in [-0.4, -0.2) is 49.5 Å². The average molecular weight is 411 g/mol. The van der Waals surface area contributed by atoms with Gasteiger partial charge in [-0.05, 0) is 56.6 Å². The number of aromatic nitrogens is 1. The number of nitrogens with zero attached hydrogens (tertiary/aromatic N) is 3. The maximum atomic E-state index is 12.8. The van der Waals surface area contributed by atoms with Crippen molar-refractivity contribution in [2.24, 2.45) is 5.92 Å². The second-order valence-electron chi connectivity index (χ2n) is 6.62. The minimum absolute atomic E-state index is 0. The molecule has 2 heterocycles. The lowest BCUT2D eigenvalue weighted by molar-refractivity contribution is 0.0674. The van der Waals surface area contributed by atoms with Gasteiger partial charge < -0.3 is 15.1 Å². The minimum atomic E-state index is 0. The largest absolute Gasteiger partial charge is 0.338 e. The first kappa shape index (κ1) is 23.2. The van der Waals surface area contributed by atoms with Gasteiger partial charge in [0, 0.05) is 32.0 Å². The first-order chi connectivity index (χ1) is 12.2. The molecular formula is C20H28Cl2N4O. The van der Waals surface area contributed by atoms with Gasteiger partial charge in [-0.15, -0.1) is 24.8 Å². The van der Waals surface area contributed by atoms with Gasteiger partial charge in [0.2, 0.25) is 0 Å². The fourth-order valence-electron chi connectivity index (χ4n) is 3.38. The first-order valence-electron chi connectivity index (χ1n) is 8.87. The van der Waals surface area contributed by atoms with Crippen LogP contribution in [0.25, 0.3) is 0 Å². The highest BCUT2D eigenvalue weighted by Gasteiger charge is 2.24. The zero-order valence-corrected chi connectivity index (χ0v) is 17.4. The molecule has 0 saturated carbocycles. The Kier molecular flexibility index (Phi) is 9.56. The summed E-state index contributed by atoms with van der Waals surface area (Å²) in [7, 11) is 3.94. The number of hydrogen-bond acceptors (Lipinski definition) is 4. The van der Waals surface area contributed by atoms with Gasteiger partial charge in [0.1, 0.15) is 5.82 Å². The maximum Gasteiger partial charge on any atom is 0.255 e. The number of anilines is 2. The number of nitrogens with one attached hydrogen (secondary N) is 1. The molecule has 1 unspecified atom stereocenters. The molecule has 0 spiro atoms. The molecule has 1 saturated heterocycles. The lowest BCUT2D eigenvalue weighted by Crippen LogP contribution is -2.42. The van der Waals surface area contributed by atoms with Gasteiger partial charge in [-0.3, -0.25) is 4.79 Å². The molecule has 1 aliphatic heterocycles. The molecule has 148 valence electrons. The molecule has 1 N–H and O–H groups in total. The second-order valence-corrected chi connectivity index (χ2v) is 6.62. The lowest BCUT2D eigenvalue weighted by atomic mass is 9.97. The third kappa shape index (κ3) is 5.83. The molecule has 1 fully saturated rings. The van der Waals surface area contributed by atoms with Gasteiger partial charge in [0.05, 0.1) is 5.56 Å². The van der Waals surface area contributed by atoms with Crippen LogP contribution in [0.15, 0.2) is 48.7 Å². The zero-order valence-electron chi connectivity index (χ0n) is 15.8. The highest BCUT2D eigenvalue weighted by Crippen LogP contribution is 2.22. The molecule has 0 radical (unpaired) electrons. The van der Waals surface area contributed by atoms with E-state index in [9.17, 15) is 4.79 Å². The third-order valence-corrected chi connectivity index (χ3v) is 4.78. The molecule has 1 aromatic carbocycles. The van der Waals surface area contributed by atoms with Gasteiger partial charge in [0.15, 0.2) is 0 Å². The van der Waals surface area contributed by atoms with E-state index in [1.54, 1.807) is 6.20 Å². The number of benzene rings is 1. The molecule has 1 atom stereocenters. The van der Waals surface area contributed by atoms with E-state index < -0.39 is 0 Å². The third-order valence-electron chi connectivity index (χ3n) is 4.78. The van der Waals surface area contributed by atoms with Crippen molar-refractivity contribution in [3.63, 3.8) is 0 Å². The van der Waals surface area contributed by atoms with Gasteiger partial charge >= 0.3 is 0 Å². The van der Waals surface area contributed by atoms with E-state index in [0.717, 1.165) is 37.6 Å². The molecule has 0 aliphatic carbocycles. The Bertz CT molecular complexity index is 695. The van der Waals surface area contributed by atoms with Gasteiger partial charge in [-0.2, -0.15) is 0 Å². The molecule has 1 aromatic heterocycles. The van der Waals surface area contributed by atoms with Crippen LogP contribution >= 0.6 is 24.8 Å². The SMILES string of the molecule is CNCC1CCCN(C(=O)c2ccc(N(C)c3ccccc3)nc2)C1.Cl.Cl. The molecule has 1 aliphatic rings. The molecule has 7 heteroatoms. The Balaban J connectivity index is 0.00000182. The van der Waals surface area contributed by atoms with Crippen LogP contribution in [0.1, 0.15) is 23.2 Å². The number of likely N-dealkylation sites (tertiary alicyclic amines) is 1. The number of carbonyl (C=O) groups is 1. The smallest absolute Gasteiger partial charge is 0.255 e. The van der Waals surface area contributed by atoms with Crippen LogP contribution in [0.5, 0.6) is 0 Å². The van der Waals surface area contributed by atoms with Crippen LogP contribution < -0.4 is 10.2 Å². The lowest BCUT2D eigenvalue weighted by Gasteiger charge is -2.32. The molecule has 5 nitrogen and oxygen atoms in total. The quantitative estimate of drug-likeness (QED) is 0.814. The fourth-order valence-corrected chi connectivity index (χ4v) is 3.38. The number of pyridine rings is 1. The number of hydrogen-bond donors (Lipinski definition) is 1. The van der Waals surface area contributed by atoms with E-state index in [0.29, 0.717) is 11.5 Å². The molecule has 2 aromatic rings. The summed E-state index contributed by atoms with van der Waals surface area (Å²) in [6.45, 7) is 2.62. The van der Waals surface area contributed by atoms with Crippen LogP contribution in [0, 0.1) is 5.92 Å². The minimum Gasteiger partial charge on any atom is -0.338 e. The van der Waals surface area contributed by atoms with E-state index in [1.807, 2.05) is 66.4 Å². The highest BCUT2D eigenvalue weighted by molar-refractivity contribution is 5.94. The number of halogens is 2. The Morgan fingerprint density at radius 1 is 1.22 bits per heavy atom. The molecule has 0 bridgehead atoms. The summed E-state index contributed by atoms with van der Waals surface area (Å²) < 4.78 is 0. The molecule has 27 heavy (non-hydrogen) atoms. The van der Waals surface area contributed by atoms with Crippen LogP contribution in [0.4, 0.5) is 11.5 Å². The van der Waals surface area contributed by atoms with Gasteiger partial charge in [-0.1, -0.05) is 18.2 Å². The number of para-hydroxylation sites is 1. The predicted octanol–water partition coefficient (Wildman–Crippen LogP) is 3.76. The van der Waals surface area contributed by atoms with Crippen molar-refractivity contribution >= 4 is 42.2 Å². The molecular weight excluding hydrogens is 383 g/mol. The Morgan fingerprint density at radius 3 is 2.59 bits per heavy atom. The van der Waals surface area contributed by atoms with E-state index >= 15 is 0 Å². The second kappa shape index (κ2) is 11.1. The summed E-state index contributed by atoms with van der Waals surface area (Å²) in [6.07, 6.45) is 3.95. The average Bonchev–Trinajstić information content (AvgIpc) is 2.68. The van der Waals surface area contributed by atoms with Gasteiger partial charge in [0.25, 0.3) is 5.91 Å². The zero-order chi connectivity index (χ0) is 17.6. The van der Waals surface area contributed by atoms with Crippen molar-refractivity contribution in [3.05, 3.63) is 54.2 Å². The van der Waals surface area contributed by atoms with E-state index in [2.05, 4.69) is 10.3 Å². The Hall–Kier alpha value is -1.82. The summed E-state index contributed by atoms with van der Waals surface area (Å²) in [6, 6.07) is 13.9. The summed E-state index contributed by atoms with van der Waals surface area (Å²) in [4.78, 5) is 21.2. The summed E-state index contributed by atoms with van der Waals surface area (Å²) >= 11 is 0. The topological polar surface area (TPSA) is 48.5 Å². The normalized spacial score (nSPS) is 16.1. The van der Waals surface area contributed by atoms with Crippen LogP contribution in [-0.2, 0) is 0 Å². The fraction of sp³-hybridized carbons (Fsp3) is 0.400. The van der Waals surface area contributed by atoms with E-state index in [-0.39, 0.29) is 30.7 Å². The monoisotopic (exact) mass is 410 g/mol. The number of carbonyl (C=O) groups excluding carboxylic acids is 1. The summed E-state index contributed by atoms with van der Waals surface area (Å²) in [5.74, 6) is 1.45. The van der Waals surface area contributed by atoms with Crippen molar-refractivity contribution in [1.82, 2.24) is 15.2 Å². The first-order valence-corrected chi connectivity index (χ1v) is 8.87. The Labute approximate surface area is 174 Å². The maximum absolute atomic E-state index is 12.8. The van der Waals surface area contributed by atoms with Crippen molar-refractivity contribution in [2.75, 3.05) is 38.6 Å². The number of amides is 1. The molecule has 1 amide bonds. The number of rotatable bonds is 5. The van der Waals surface area contributed by atoms with Crippen LogP contribution in [0.3, 0.4) is 0 Å². The summed E-state index contributed by atoms with van der Waals surface area (Å²) in [5, 5.41) is 3.22. The number of piperidine rings is 1. The van der Waals surface area contributed by atoms with Gasteiger partial charge in [-0.25, -0.2) is 4.98 Å². The van der Waals surface area contributed by atoms with E-state index in [1.165, 1.54) is 6.42 Å². The standard InChI is InChI=1S/C20H26N4O.2ClH/c1-21-13-16-7-6-12-24(15-16)20(25)17-10-11-19(22-14-17)23(2)18-8-4-3-5-9-18;;/h3-5,8-11,14,16,21H,6-7,12-13,15H2,1-2H3;2*1H. The van der Waals surface area contributed by atoms with Crippen molar-refractivity contribution < 1.29 is 4.79 Å². The van der Waals surface area contributed by atoms with Crippen LogP contribution in [0.2, 0.25) is 0 Å². The van der Waals surface area contributed by atoms with Crippen molar-refractivity contribution in [2.45, 2.75) is 12.8 Å². The highest BCUT2D eigenvalue weighted by atomic mass is 35.5. The molecule has 3 rings (SSSR count). The van der Waals surface area contributed by atoms with Crippen molar-refractivity contribution in [1.29, 1.82) is 0 Å². The Morgan fingerprint density at radius 2 is 1.96 bits per heavy atom.